The van der Waals surface area contributed by atoms with Gasteiger partial charge in [0.05, 0.1) is 11.7 Å². The molecule has 0 saturated carbocycles. The molecule has 1 aliphatic rings. The second kappa shape index (κ2) is 16.6. The zero-order valence-corrected chi connectivity index (χ0v) is 17.5. The Morgan fingerprint density at radius 3 is 2.11 bits per heavy atom. The number of carbonyl (C=O) groups is 1. The third kappa shape index (κ3) is 8.86. The Bertz CT molecular complexity index is 634. The number of allylic oxidation sites excluding steroid dienone is 8. The van der Waals surface area contributed by atoms with Crippen LogP contribution in [0.15, 0.2) is 90.8 Å². The number of amides is 1. The second-order valence-corrected chi connectivity index (χ2v) is 4.80. The van der Waals surface area contributed by atoms with Crippen molar-refractivity contribution < 1.29 is 4.79 Å². The lowest BCUT2D eigenvalue weighted by atomic mass is 10.00. The van der Waals surface area contributed by atoms with Crippen molar-refractivity contribution in [2.75, 3.05) is 0 Å². The fraction of sp³-hybridized carbons (Fsp3) is 0.304. The van der Waals surface area contributed by atoms with Crippen LogP contribution in [0.25, 0.3) is 0 Å². The molecule has 1 unspecified atom stereocenters. The maximum atomic E-state index is 11.6. The minimum atomic E-state index is -0.512. The number of nitrogens with zero attached hydrogens (tertiary/aromatic N) is 2. The van der Waals surface area contributed by atoms with Crippen LogP contribution in [-0.4, -0.2) is 22.7 Å². The predicted molar refractivity (Wildman–Crippen MR) is 120 cm³/mol. The van der Waals surface area contributed by atoms with Crippen molar-refractivity contribution in [2.24, 2.45) is 10.8 Å². The molecule has 0 saturated heterocycles. The molecule has 4 heteroatoms. The first-order valence-electron chi connectivity index (χ1n) is 9.32. The highest BCUT2D eigenvalue weighted by Gasteiger charge is 2.32. The Morgan fingerprint density at radius 1 is 1.07 bits per heavy atom. The third-order valence-electron chi connectivity index (χ3n) is 3.21. The third-order valence-corrected chi connectivity index (χ3v) is 3.21. The Balaban J connectivity index is 0. The van der Waals surface area contributed by atoms with Crippen LogP contribution in [0.1, 0.15) is 41.0 Å². The normalized spacial score (nSPS) is 16.9. The molecule has 0 aliphatic carbocycles. The van der Waals surface area contributed by atoms with E-state index in [1.54, 1.807) is 29.3 Å². The maximum Gasteiger partial charge on any atom is 0.265 e. The molecule has 0 bridgehead atoms. The fourth-order valence-corrected chi connectivity index (χ4v) is 2.26. The highest BCUT2D eigenvalue weighted by molar-refractivity contribution is 6.38. The molecule has 148 valence electrons. The van der Waals surface area contributed by atoms with Crippen LogP contribution in [0.5, 0.6) is 0 Å². The summed E-state index contributed by atoms with van der Waals surface area (Å²) < 4.78 is 0. The summed E-state index contributed by atoms with van der Waals surface area (Å²) in [6.45, 7) is 21.1. The highest BCUT2D eigenvalue weighted by Crippen LogP contribution is 2.28. The van der Waals surface area contributed by atoms with Crippen LogP contribution in [0.2, 0.25) is 0 Å². The first kappa shape index (κ1) is 26.4. The van der Waals surface area contributed by atoms with E-state index in [-0.39, 0.29) is 6.04 Å². The number of rotatable bonds is 8. The van der Waals surface area contributed by atoms with Gasteiger partial charge in [0, 0.05) is 6.42 Å². The lowest BCUT2D eigenvalue weighted by Gasteiger charge is -2.25. The van der Waals surface area contributed by atoms with E-state index < -0.39 is 5.91 Å². The molecular formula is C23H35N3O. The van der Waals surface area contributed by atoms with Crippen LogP contribution >= 0.6 is 0 Å². The van der Waals surface area contributed by atoms with E-state index in [1.165, 1.54) is 0 Å². The SMILES string of the molecule is C=C/C=C\C(=C/C=C)N1N=C(C(N)=O)CC1C(/C=C\C)=C/C=C.CC.CC. The summed E-state index contributed by atoms with van der Waals surface area (Å²) in [6, 6.07) is -0.132. The number of hydrazone groups is 1. The van der Waals surface area contributed by atoms with Gasteiger partial charge in [0.1, 0.15) is 5.71 Å². The van der Waals surface area contributed by atoms with Crippen molar-refractivity contribution >= 4 is 11.6 Å². The molecule has 27 heavy (non-hydrogen) atoms. The molecule has 1 amide bonds. The first-order valence-corrected chi connectivity index (χ1v) is 9.32. The average molecular weight is 370 g/mol. The largest absolute Gasteiger partial charge is 0.364 e. The summed E-state index contributed by atoms with van der Waals surface area (Å²) in [6.07, 6.45) is 16.8. The monoisotopic (exact) mass is 369 g/mol. The minimum Gasteiger partial charge on any atom is -0.364 e. The fourth-order valence-electron chi connectivity index (χ4n) is 2.26. The zero-order valence-electron chi connectivity index (χ0n) is 17.5. The predicted octanol–water partition coefficient (Wildman–Crippen LogP) is 5.46. The summed E-state index contributed by atoms with van der Waals surface area (Å²) in [5, 5.41) is 6.17. The molecule has 2 N–H and O–H groups in total. The van der Waals surface area contributed by atoms with Gasteiger partial charge in [0.2, 0.25) is 0 Å². The Kier molecular flexibility index (Phi) is 16.2. The van der Waals surface area contributed by atoms with E-state index in [9.17, 15) is 4.79 Å². The van der Waals surface area contributed by atoms with Gasteiger partial charge in [-0.15, -0.1) is 0 Å². The number of nitrogens with two attached hydrogens (primary N) is 1. The van der Waals surface area contributed by atoms with E-state index in [1.807, 2.05) is 65.0 Å². The van der Waals surface area contributed by atoms with Gasteiger partial charge in [-0.05, 0) is 24.6 Å². The first-order chi connectivity index (χ1) is 13.1. The van der Waals surface area contributed by atoms with Crippen molar-refractivity contribution in [3.05, 3.63) is 85.7 Å². The number of hydrogen-bond acceptors (Lipinski definition) is 3. The van der Waals surface area contributed by atoms with Gasteiger partial charge in [-0.3, -0.25) is 9.80 Å². The van der Waals surface area contributed by atoms with Crippen molar-refractivity contribution in [2.45, 2.75) is 47.1 Å². The van der Waals surface area contributed by atoms with Crippen LogP contribution < -0.4 is 5.73 Å². The van der Waals surface area contributed by atoms with Gasteiger partial charge in [-0.2, -0.15) is 5.10 Å². The van der Waals surface area contributed by atoms with E-state index in [2.05, 4.69) is 24.8 Å². The molecule has 1 rings (SSSR count). The lowest BCUT2D eigenvalue weighted by Crippen LogP contribution is -2.28. The number of carbonyl (C=O) groups excluding carboxylic acids is 1. The Labute approximate surface area is 165 Å². The zero-order chi connectivity index (χ0) is 21.2. The molecule has 0 aromatic carbocycles. The van der Waals surface area contributed by atoms with E-state index in [0.29, 0.717) is 12.1 Å². The summed E-state index contributed by atoms with van der Waals surface area (Å²) in [5.74, 6) is -0.512. The topological polar surface area (TPSA) is 58.7 Å². The molecule has 0 spiro atoms. The summed E-state index contributed by atoms with van der Waals surface area (Å²) in [4.78, 5) is 11.6. The molecule has 0 fully saturated rings. The van der Waals surface area contributed by atoms with Crippen molar-refractivity contribution in [3.63, 3.8) is 0 Å². The molecule has 4 nitrogen and oxygen atoms in total. The van der Waals surface area contributed by atoms with Crippen LogP contribution in [0.4, 0.5) is 0 Å². The van der Waals surface area contributed by atoms with Gasteiger partial charge >= 0.3 is 0 Å². The van der Waals surface area contributed by atoms with E-state index in [0.717, 1.165) is 11.3 Å². The quantitative estimate of drug-likeness (QED) is 0.578. The van der Waals surface area contributed by atoms with Crippen LogP contribution in [-0.2, 0) is 4.79 Å². The van der Waals surface area contributed by atoms with Crippen molar-refractivity contribution in [1.29, 1.82) is 0 Å². The molecule has 0 aromatic heterocycles. The number of primary amides is 1. The van der Waals surface area contributed by atoms with Gasteiger partial charge in [0.25, 0.3) is 5.91 Å². The van der Waals surface area contributed by atoms with Gasteiger partial charge in [0.15, 0.2) is 0 Å². The van der Waals surface area contributed by atoms with Crippen molar-refractivity contribution in [1.82, 2.24) is 5.01 Å². The maximum absolute atomic E-state index is 11.6. The van der Waals surface area contributed by atoms with Gasteiger partial charge in [-0.25, -0.2) is 0 Å². The van der Waals surface area contributed by atoms with Crippen LogP contribution in [0.3, 0.4) is 0 Å². The minimum absolute atomic E-state index is 0.132. The average Bonchev–Trinajstić information content (AvgIpc) is 3.13. The molecule has 1 atom stereocenters. The highest BCUT2D eigenvalue weighted by atomic mass is 16.1. The molecule has 1 aliphatic heterocycles. The van der Waals surface area contributed by atoms with Crippen LogP contribution in [0, 0.1) is 0 Å². The Hall–Kier alpha value is -2.88. The van der Waals surface area contributed by atoms with Gasteiger partial charge in [-0.1, -0.05) is 90.0 Å². The standard InChI is InChI=1S/C19H23N3O.2C2H6/c1-5-9-13-16(12-8-4)22-18(14-17(21-22)19(20)23)15(10-6-2)11-7-3;2*1-2/h5-13,18H,1-2,4,14H2,3H3,(H2,20,23);2*1-2H3/b11-7-,13-9-,15-10+,16-12+;;. The lowest BCUT2D eigenvalue weighted by molar-refractivity contribution is -0.112. The molecule has 1 heterocycles. The van der Waals surface area contributed by atoms with Gasteiger partial charge < -0.3 is 5.73 Å². The van der Waals surface area contributed by atoms with Crippen molar-refractivity contribution in [3.8, 4) is 0 Å². The molecular weight excluding hydrogens is 334 g/mol. The smallest absolute Gasteiger partial charge is 0.265 e. The summed E-state index contributed by atoms with van der Waals surface area (Å²) in [7, 11) is 0. The van der Waals surface area contributed by atoms with E-state index >= 15 is 0 Å². The summed E-state index contributed by atoms with van der Waals surface area (Å²) in [5.41, 5.74) is 7.54. The van der Waals surface area contributed by atoms with E-state index in [4.69, 9.17) is 5.73 Å². The second-order valence-electron chi connectivity index (χ2n) is 4.80. The Morgan fingerprint density at radius 2 is 1.67 bits per heavy atom. The summed E-state index contributed by atoms with van der Waals surface area (Å²) >= 11 is 0. The molecule has 0 radical (unpaired) electrons. The number of hydrogen-bond donors (Lipinski definition) is 1. The molecule has 0 aromatic rings.